The highest BCUT2D eigenvalue weighted by atomic mass is 19.1. The van der Waals surface area contributed by atoms with Gasteiger partial charge >= 0.3 is 6.09 Å². The van der Waals surface area contributed by atoms with Crippen molar-refractivity contribution < 1.29 is 19.0 Å². The molecule has 16 heavy (non-hydrogen) atoms. The van der Waals surface area contributed by atoms with Crippen molar-refractivity contribution in [3.8, 4) is 0 Å². The zero-order valence-corrected chi connectivity index (χ0v) is 10.1. The van der Waals surface area contributed by atoms with Crippen LogP contribution in [0.5, 0.6) is 0 Å². The van der Waals surface area contributed by atoms with Gasteiger partial charge < -0.3 is 14.7 Å². The van der Waals surface area contributed by atoms with E-state index in [1.807, 2.05) is 0 Å². The van der Waals surface area contributed by atoms with Gasteiger partial charge in [0.25, 0.3) is 0 Å². The third kappa shape index (κ3) is 3.63. The first-order chi connectivity index (χ1) is 7.26. The van der Waals surface area contributed by atoms with Crippen LogP contribution in [0.3, 0.4) is 0 Å². The molecule has 0 saturated carbocycles. The summed E-state index contributed by atoms with van der Waals surface area (Å²) in [5, 5.41) is 8.93. The summed E-state index contributed by atoms with van der Waals surface area (Å²) in [6.45, 7) is 5.15. The van der Waals surface area contributed by atoms with Crippen LogP contribution in [0.2, 0.25) is 0 Å². The average Bonchev–Trinajstić information content (AvgIpc) is 2.15. The summed E-state index contributed by atoms with van der Waals surface area (Å²) in [7, 11) is 0. The van der Waals surface area contributed by atoms with Crippen LogP contribution in [0.4, 0.5) is 9.18 Å². The smallest absolute Gasteiger partial charge is 0.410 e. The first-order valence-electron chi connectivity index (χ1n) is 5.53. The number of amides is 1. The number of aliphatic hydroxyl groups is 1. The maximum atomic E-state index is 13.8. The molecule has 1 fully saturated rings. The van der Waals surface area contributed by atoms with Crippen molar-refractivity contribution in [2.24, 2.45) is 0 Å². The van der Waals surface area contributed by atoms with Gasteiger partial charge in [0.2, 0.25) is 0 Å². The summed E-state index contributed by atoms with van der Waals surface area (Å²) in [6, 6.07) is 0. The van der Waals surface area contributed by atoms with Crippen molar-refractivity contribution in [2.45, 2.75) is 44.9 Å². The van der Waals surface area contributed by atoms with Crippen LogP contribution in [-0.2, 0) is 4.74 Å². The monoisotopic (exact) mass is 233 g/mol. The maximum absolute atomic E-state index is 13.8. The zero-order valence-electron chi connectivity index (χ0n) is 10.1. The number of likely N-dealkylation sites (tertiary alicyclic amines) is 1. The van der Waals surface area contributed by atoms with E-state index in [2.05, 4.69) is 0 Å². The van der Waals surface area contributed by atoms with Gasteiger partial charge in [-0.3, -0.25) is 0 Å². The lowest BCUT2D eigenvalue weighted by molar-refractivity contribution is -0.0231. The SMILES string of the molecule is CC(C)(C)OC(=O)N1CCC[C@](F)(CO)C1. The van der Waals surface area contributed by atoms with E-state index in [1.54, 1.807) is 20.8 Å². The Kier molecular flexibility index (Phi) is 3.78. The number of carbonyl (C=O) groups is 1. The molecule has 0 aromatic rings. The number of piperidine rings is 1. The summed E-state index contributed by atoms with van der Waals surface area (Å²) in [4.78, 5) is 13.0. The minimum Gasteiger partial charge on any atom is -0.444 e. The van der Waals surface area contributed by atoms with E-state index < -0.39 is 24.0 Å². The summed E-state index contributed by atoms with van der Waals surface area (Å²) in [6.07, 6.45) is 0.335. The van der Waals surface area contributed by atoms with Gasteiger partial charge in [-0.2, -0.15) is 0 Å². The van der Waals surface area contributed by atoms with Gasteiger partial charge in [0.1, 0.15) is 5.60 Å². The van der Waals surface area contributed by atoms with Crippen molar-refractivity contribution >= 4 is 6.09 Å². The van der Waals surface area contributed by atoms with E-state index in [4.69, 9.17) is 9.84 Å². The van der Waals surface area contributed by atoms with Gasteiger partial charge in [-0.05, 0) is 33.6 Å². The molecule has 0 unspecified atom stereocenters. The van der Waals surface area contributed by atoms with E-state index in [1.165, 1.54) is 4.90 Å². The number of ether oxygens (including phenoxy) is 1. The lowest BCUT2D eigenvalue weighted by Crippen LogP contribution is -2.50. The summed E-state index contributed by atoms with van der Waals surface area (Å²) in [5.74, 6) is 0. The molecule has 0 radical (unpaired) electrons. The fourth-order valence-electron chi connectivity index (χ4n) is 1.70. The number of nitrogens with zero attached hydrogens (tertiary/aromatic N) is 1. The number of aliphatic hydroxyl groups excluding tert-OH is 1. The van der Waals surface area contributed by atoms with E-state index in [0.29, 0.717) is 19.4 Å². The second-order valence-corrected chi connectivity index (χ2v) is 5.31. The second kappa shape index (κ2) is 4.57. The molecule has 1 N–H and O–H groups in total. The molecule has 1 saturated heterocycles. The molecular weight excluding hydrogens is 213 g/mol. The maximum Gasteiger partial charge on any atom is 0.410 e. The Morgan fingerprint density at radius 2 is 2.19 bits per heavy atom. The van der Waals surface area contributed by atoms with Crippen molar-refractivity contribution in [1.82, 2.24) is 4.90 Å². The molecule has 0 aliphatic carbocycles. The number of hydrogen-bond donors (Lipinski definition) is 1. The van der Waals surface area contributed by atoms with Gasteiger partial charge in [-0.1, -0.05) is 0 Å². The van der Waals surface area contributed by atoms with Gasteiger partial charge in [0, 0.05) is 6.54 Å². The largest absolute Gasteiger partial charge is 0.444 e. The molecular formula is C11H20FNO3. The quantitative estimate of drug-likeness (QED) is 0.750. The van der Waals surface area contributed by atoms with Gasteiger partial charge in [0.15, 0.2) is 5.67 Å². The molecule has 0 spiro atoms. The Morgan fingerprint density at radius 1 is 1.56 bits per heavy atom. The molecule has 1 atom stereocenters. The molecule has 1 aliphatic rings. The molecule has 0 bridgehead atoms. The molecule has 1 amide bonds. The topological polar surface area (TPSA) is 49.8 Å². The molecule has 1 heterocycles. The Hall–Kier alpha value is -0.840. The van der Waals surface area contributed by atoms with Crippen molar-refractivity contribution in [1.29, 1.82) is 0 Å². The van der Waals surface area contributed by atoms with Gasteiger partial charge in [-0.15, -0.1) is 0 Å². The number of halogens is 1. The lowest BCUT2D eigenvalue weighted by Gasteiger charge is -2.36. The lowest BCUT2D eigenvalue weighted by atomic mass is 9.96. The highest BCUT2D eigenvalue weighted by Gasteiger charge is 2.38. The summed E-state index contributed by atoms with van der Waals surface area (Å²) >= 11 is 0. The minimum absolute atomic E-state index is 0.0849. The average molecular weight is 233 g/mol. The fraction of sp³-hybridized carbons (Fsp3) is 0.909. The molecule has 0 aromatic carbocycles. The van der Waals surface area contributed by atoms with Crippen LogP contribution in [0.1, 0.15) is 33.6 Å². The van der Waals surface area contributed by atoms with E-state index >= 15 is 0 Å². The summed E-state index contributed by atoms with van der Waals surface area (Å²) in [5.41, 5.74) is -2.25. The van der Waals surface area contributed by atoms with E-state index in [0.717, 1.165) is 0 Å². The highest BCUT2D eigenvalue weighted by Crippen LogP contribution is 2.25. The van der Waals surface area contributed by atoms with Gasteiger partial charge in [0.05, 0.1) is 13.2 Å². The Balaban J connectivity index is 2.57. The van der Waals surface area contributed by atoms with E-state index in [-0.39, 0.29) is 6.54 Å². The third-order valence-corrected chi connectivity index (χ3v) is 2.46. The first kappa shape index (κ1) is 13.2. The molecule has 5 heteroatoms. The number of alkyl halides is 1. The number of rotatable bonds is 1. The number of hydrogen-bond acceptors (Lipinski definition) is 3. The van der Waals surface area contributed by atoms with Crippen LogP contribution < -0.4 is 0 Å². The van der Waals surface area contributed by atoms with Crippen LogP contribution in [0, 0.1) is 0 Å². The third-order valence-electron chi connectivity index (χ3n) is 2.46. The highest BCUT2D eigenvalue weighted by molar-refractivity contribution is 5.68. The molecule has 4 nitrogen and oxygen atoms in total. The number of carbonyl (C=O) groups excluding carboxylic acids is 1. The minimum atomic E-state index is -1.67. The van der Waals surface area contributed by atoms with Crippen molar-refractivity contribution in [3.63, 3.8) is 0 Å². The Labute approximate surface area is 95.4 Å². The molecule has 1 aliphatic heterocycles. The normalized spacial score (nSPS) is 26.7. The predicted octanol–water partition coefficient (Wildman–Crippen LogP) is 1.72. The van der Waals surface area contributed by atoms with E-state index in [9.17, 15) is 9.18 Å². The van der Waals surface area contributed by atoms with Crippen LogP contribution in [0.25, 0.3) is 0 Å². The molecule has 94 valence electrons. The van der Waals surface area contributed by atoms with Crippen LogP contribution in [0.15, 0.2) is 0 Å². The zero-order chi connectivity index (χ0) is 12.4. The van der Waals surface area contributed by atoms with Crippen LogP contribution >= 0.6 is 0 Å². The predicted molar refractivity (Wildman–Crippen MR) is 58.0 cm³/mol. The molecule has 1 rings (SSSR count). The summed E-state index contributed by atoms with van der Waals surface area (Å²) < 4.78 is 19.0. The van der Waals surface area contributed by atoms with Crippen molar-refractivity contribution in [3.05, 3.63) is 0 Å². The first-order valence-corrected chi connectivity index (χ1v) is 5.53. The second-order valence-electron chi connectivity index (χ2n) is 5.31. The fourth-order valence-corrected chi connectivity index (χ4v) is 1.70. The Bertz CT molecular complexity index is 264. The standard InChI is InChI=1S/C11H20FNO3/c1-10(2,3)16-9(15)13-6-4-5-11(12,7-13)8-14/h14H,4-8H2,1-3H3/t11-/m1/s1. The van der Waals surface area contributed by atoms with Crippen molar-refractivity contribution in [2.75, 3.05) is 19.7 Å². The molecule has 0 aromatic heterocycles. The van der Waals surface area contributed by atoms with Gasteiger partial charge in [-0.25, -0.2) is 9.18 Å². The Morgan fingerprint density at radius 3 is 2.69 bits per heavy atom. The van der Waals surface area contributed by atoms with Crippen LogP contribution in [-0.4, -0.2) is 47.1 Å².